The molecule has 1 aromatic carbocycles. The molecule has 0 radical (unpaired) electrons. The molecule has 80 valence electrons. The molecule has 0 fully saturated rings. The second-order valence-corrected chi connectivity index (χ2v) is 3.71. The van der Waals surface area contributed by atoms with Gasteiger partial charge in [-0.15, -0.1) is 12.4 Å². The van der Waals surface area contributed by atoms with Crippen molar-refractivity contribution in [2.45, 2.75) is 6.04 Å². The maximum atomic E-state index is 12.3. The minimum Gasteiger partial charge on any atom is -0.322 e. The lowest BCUT2D eigenvalue weighted by atomic mass is 10.1. The molecule has 14 heavy (non-hydrogen) atoms. The van der Waals surface area contributed by atoms with Crippen LogP contribution in [0, 0.1) is 0 Å². The monoisotopic (exact) mass is 277 g/mol. The van der Waals surface area contributed by atoms with Gasteiger partial charge in [-0.3, -0.25) is 0 Å². The summed E-state index contributed by atoms with van der Waals surface area (Å²) in [6.07, 6.45) is 0. The van der Waals surface area contributed by atoms with Crippen molar-refractivity contribution < 1.29 is 4.39 Å². The van der Waals surface area contributed by atoms with E-state index in [9.17, 15) is 4.39 Å². The smallest absolute Gasteiger partial charge is 0.109 e. The van der Waals surface area contributed by atoms with E-state index in [-0.39, 0.29) is 17.4 Å². The lowest BCUT2D eigenvalue weighted by Crippen LogP contribution is -2.13. The predicted octanol–water partition coefficient (Wildman–Crippen LogP) is 4.04. The van der Waals surface area contributed by atoms with Gasteiger partial charge in [0, 0.05) is 10.6 Å². The van der Waals surface area contributed by atoms with Crippen LogP contribution >= 0.6 is 47.2 Å². The van der Waals surface area contributed by atoms with E-state index in [4.69, 9.17) is 40.5 Å². The van der Waals surface area contributed by atoms with Gasteiger partial charge in [0.2, 0.25) is 0 Å². The maximum absolute atomic E-state index is 12.3. The van der Waals surface area contributed by atoms with Gasteiger partial charge in [-0.05, 0) is 12.1 Å². The van der Waals surface area contributed by atoms with Gasteiger partial charge in [0.05, 0.1) is 16.1 Å². The molecule has 0 bridgehead atoms. The minimum atomic E-state index is -0.821. The van der Waals surface area contributed by atoms with Crippen molar-refractivity contribution in [3.05, 3.63) is 32.8 Å². The van der Waals surface area contributed by atoms with Crippen LogP contribution in [0.1, 0.15) is 11.6 Å². The molecule has 0 amide bonds. The molecule has 0 saturated heterocycles. The average molecular weight is 279 g/mol. The Balaban J connectivity index is 0.00000169. The number of hydrogen-bond donors (Lipinski definition) is 1. The highest BCUT2D eigenvalue weighted by molar-refractivity contribution is 6.44. The molecule has 1 atom stereocenters. The lowest BCUT2D eigenvalue weighted by molar-refractivity contribution is 0.437. The van der Waals surface area contributed by atoms with E-state index in [0.717, 1.165) is 0 Å². The van der Waals surface area contributed by atoms with Crippen molar-refractivity contribution >= 4 is 47.2 Å². The number of nitrogens with two attached hydrogens (primary N) is 1. The zero-order valence-corrected chi connectivity index (χ0v) is 10.0. The predicted molar refractivity (Wildman–Crippen MR) is 61.6 cm³/mol. The summed E-state index contributed by atoms with van der Waals surface area (Å²) in [4.78, 5) is 0. The first-order chi connectivity index (χ1) is 6.07. The van der Waals surface area contributed by atoms with E-state index < -0.39 is 12.7 Å². The summed E-state index contributed by atoms with van der Waals surface area (Å²) < 4.78 is 12.3. The van der Waals surface area contributed by atoms with Gasteiger partial charge in [0.25, 0.3) is 0 Å². The largest absolute Gasteiger partial charge is 0.322 e. The number of halogens is 5. The van der Waals surface area contributed by atoms with Gasteiger partial charge in [-0.25, -0.2) is 4.39 Å². The number of hydrogen-bond acceptors (Lipinski definition) is 1. The zero-order chi connectivity index (χ0) is 10.0. The van der Waals surface area contributed by atoms with E-state index in [1.807, 2.05) is 0 Å². The molecule has 1 nitrogen and oxygen atoms in total. The van der Waals surface area contributed by atoms with Crippen LogP contribution in [0.4, 0.5) is 4.39 Å². The fourth-order valence-electron chi connectivity index (χ4n) is 0.960. The zero-order valence-electron chi connectivity index (χ0n) is 6.94. The summed E-state index contributed by atoms with van der Waals surface area (Å²) in [6, 6.07) is 2.26. The second-order valence-electron chi connectivity index (χ2n) is 2.52. The minimum absolute atomic E-state index is 0. The van der Waals surface area contributed by atoms with Gasteiger partial charge < -0.3 is 5.73 Å². The molecule has 1 rings (SSSR count). The van der Waals surface area contributed by atoms with Crippen LogP contribution in [0.25, 0.3) is 0 Å². The lowest BCUT2D eigenvalue weighted by Gasteiger charge is -2.12. The Bertz CT molecular complexity index is 318. The highest BCUT2D eigenvalue weighted by Crippen LogP contribution is 2.34. The van der Waals surface area contributed by atoms with E-state index >= 15 is 0 Å². The van der Waals surface area contributed by atoms with Crippen molar-refractivity contribution in [1.82, 2.24) is 0 Å². The summed E-state index contributed by atoms with van der Waals surface area (Å²) in [5.74, 6) is 0. The SMILES string of the molecule is Cl.N[C@@H](CF)c1c(Cl)ccc(Cl)c1Cl. The molecular weight excluding hydrogens is 271 g/mol. The molecule has 0 aromatic heterocycles. The first-order valence-corrected chi connectivity index (χ1v) is 4.66. The highest BCUT2D eigenvalue weighted by atomic mass is 35.5. The molecule has 0 aliphatic heterocycles. The van der Waals surface area contributed by atoms with Crippen LogP contribution in [0.15, 0.2) is 12.1 Å². The maximum Gasteiger partial charge on any atom is 0.109 e. The van der Waals surface area contributed by atoms with Gasteiger partial charge in [-0.1, -0.05) is 34.8 Å². The fourth-order valence-corrected chi connectivity index (χ4v) is 1.78. The van der Waals surface area contributed by atoms with Crippen LogP contribution < -0.4 is 5.73 Å². The van der Waals surface area contributed by atoms with Crippen molar-refractivity contribution in [2.24, 2.45) is 5.73 Å². The van der Waals surface area contributed by atoms with Crippen LogP contribution in [0.3, 0.4) is 0 Å². The molecule has 6 heteroatoms. The standard InChI is InChI=1S/C8H7Cl3FN.ClH/c9-4-1-2-5(10)8(11)7(4)6(13)3-12;/h1-2,6H,3,13H2;1H/t6-;/m0./s1. The number of rotatable bonds is 2. The Morgan fingerprint density at radius 3 is 2.21 bits per heavy atom. The third-order valence-corrected chi connectivity index (χ3v) is 2.76. The molecule has 0 aliphatic rings. The Morgan fingerprint density at radius 2 is 1.71 bits per heavy atom. The Morgan fingerprint density at radius 1 is 1.21 bits per heavy atom. The van der Waals surface area contributed by atoms with Crippen molar-refractivity contribution in [3.8, 4) is 0 Å². The van der Waals surface area contributed by atoms with E-state index in [0.29, 0.717) is 15.6 Å². The van der Waals surface area contributed by atoms with Crippen LogP contribution in [-0.2, 0) is 0 Å². The normalized spacial score (nSPS) is 12.1. The molecule has 0 saturated carbocycles. The van der Waals surface area contributed by atoms with E-state index in [2.05, 4.69) is 0 Å². The van der Waals surface area contributed by atoms with Gasteiger partial charge in [-0.2, -0.15) is 0 Å². The van der Waals surface area contributed by atoms with Crippen molar-refractivity contribution in [1.29, 1.82) is 0 Å². The Labute approximate surface area is 103 Å². The van der Waals surface area contributed by atoms with E-state index in [1.54, 1.807) is 12.1 Å². The van der Waals surface area contributed by atoms with Gasteiger partial charge >= 0.3 is 0 Å². The van der Waals surface area contributed by atoms with Crippen molar-refractivity contribution in [2.75, 3.05) is 6.67 Å². The fraction of sp³-hybridized carbons (Fsp3) is 0.250. The van der Waals surface area contributed by atoms with E-state index in [1.165, 1.54) is 0 Å². The number of alkyl halides is 1. The summed E-state index contributed by atoms with van der Waals surface area (Å²) in [5.41, 5.74) is 5.82. The summed E-state index contributed by atoms with van der Waals surface area (Å²) >= 11 is 17.3. The Hall–Kier alpha value is 0.270. The summed E-state index contributed by atoms with van der Waals surface area (Å²) in [6.45, 7) is -0.722. The molecule has 2 N–H and O–H groups in total. The van der Waals surface area contributed by atoms with Gasteiger partial charge in [0.1, 0.15) is 6.67 Å². The van der Waals surface area contributed by atoms with Crippen LogP contribution in [-0.4, -0.2) is 6.67 Å². The molecule has 0 unspecified atom stereocenters. The van der Waals surface area contributed by atoms with Gasteiger partial charge in [0.15, 0.2) is 0 Å². The van der Waals surface area contributed by atoms with Crippen LogP contribution in [0.5, 0.6) is 0 Å². The molecule has 0 aliphatic carbocycles. The van der Waals surface area contributed by atoms with Crippen LogP contribution in [0.2, 0.25) is 15.1 Å². The second kappa shape index (κ2) is 5.99. The summed E-state index contributed by atoms with van der Waals surface area (Å²) in [5, 5.41) is 0.879. The number of benzene rings is 1. The first-order valence-electron chi connectivity index (χ1n) is 3.53. The Kier molecular flexibility index (Phi) is 6.10. The highest BCUT2D eigenvalue weighted by Gasteiger charge is 2.16. The molecule has 1 aromatic rings. The third kappa shape index (κ3) is 2.88. The molecule has 0 heterocycles. The average Bonchev–Trinajstić information content (AvgIpc) is 2.12. The summed E-state index contributed by atoms with van der Waals surface area (Å²) in [7, 11) is 0. The molecular formula is C8H8Cl4FN. The molecule has 0 spiro atoms. The first kappa shape index (κ1) is 14.3. The third-order valence-electron chi connectivity index (χ3n) is 1.62. The quantitative estimate of drug-likeness (QED) is 0.812. The topological polar surface area (TPSA) is 26.0 Å². The van der Waals surface area contributed by atoms with Crippen molar-refractivity contribution in [3.63, 3.8) is 0 Å².